The van der Waals surface area contributed by atoms with Crippen LogP contribution in [0.4, 0.5) is 5.69 Å². The molecule has 1 fully saturated rings. The molecule has 6 heteroatoms. The number of nitrogens with zero attached hydrogens (tertiary/aromatic N) is 2. The lowest BCUT2D eigenvalue weighted by molar-refractivity contribution is 0.0455. The molecule has 0 amide bonds. The number of aromatic nitrogens is 2. The van der Waals surface area contributed by atoms with Gasteiger partial charge in [-0.25, -0.2) is 9.97 Å². The van der Waals surface area contributed by atoms with E-state index >= 15 is 0 Å². The van der Waals surface area contributed by atoms with Crippen molar-refractivity contribution < 1.29 is 4.74 Å². The summed E-state index contributed by atoms with van der Waals surface area (Å²) in [5.41, 5.74) is 6.15. The molecule has 0 atom stereocenters. The van der Waals surface area contributed by atoms with Gasteiger partial charge in [0.15, 0.2) is 5.15 Å². The standard InChI is InChI=1S/C7H8ClN3OS/c8-6-5(9)7(11-3-10-6)13-4-1-12-2-4/h3-4H,1-2,9H2. The van der Waals surface area contributed by atoms with Gasteiger partial charge in [0.25, 0.3) is 0 Å². The average Bonchev–Trinajstić information content (AvgIpc) is 2.04. The highest BCUT2D eigenvalue weighted by Gasteiger charge is 2.21. The van der Waals surface area contributed by atoms with Crippen LogP contribution in [0.25, 0.3) is 0 Å². The van der Waals surface area contributed by atoms with Gasteiger partial charge in [-0.1, -0.05) is 23.4 Å². The highest BCUT2D eigenvalue weighted by atomic mass is 35.5. The van der Waals surface area contributed by atoms with Crippen LogP contribution in [0.1, 0.15) is 0 Å². The summed E-state index contributed by atoms with van der Waals surface area (Å²) in [6.07, 6.45) is 1.42. The number of anilines is 1. The van der Waals surface area contributed by atoms with Crippen molar-refractivity contribution in [3.63, 3.8) is 0 Å². The lowest BCUT2D eigenvalue weighted by Gasteiger charge is -2.24. The Morgan fingerprint density at radius 3 is 2.92 bits per heavy atom. The Morgan fingerprint density at radius 2 is 2.31 bits per heavy atom. The third-order valence-electron chi connectivity index (χ3n) is 1.68. The van der Waals surface area contributed by atoms with E-state index in [1.165, 1.54) is 6.33 Å². The molecule has 0 radical (unpaired) electrons. The summed E-state index contributed by atoms with van der Waals surface area (Å²) in [5.74, 6) is 0. The molecular weight excluding hydrogens is 210 g/mol. The number of hydrogen-bond donors (Lipinski definition) is 1. The molecule has 1 aliphatic rings. The smallest absolute Gasteiger partial charge is 0.156 e. The van der Waals surface area contributed by atoms with Crippen LogP contribution < -0.4 is 5.73 Å². The van der Waals surface area contributed by atoms with Crippen LogP contribution in [0.2, 0.25) is 5.15 Å². The van der Waals surface area contributed by atoms with Crippen molar-refractivity contribution in [3.05, 3.63) is 11.5 Å². The Kier molecular flexibility index (Phi) is 2.57. The van der Waals surface area contributed by atoms with Gasteiger partial charge in [0, 0.05) is 0 Å². The predicted molar refractivity (Wildman–Crippen MR) is 51.9 cm³/mol. The number of nitrogen functional groups attached to an aromatic ring is 1. The maximum atomic E-state index is 5.74. The normalized spacial score (nSPS) is 17.0. The van der Waals surface area contributed by atoms with Crippen molar-refractivity contribution in [2.75, 3.05) is 18.9 Å². The van der Waals surface area contributed by atoms with Gasteiger partial charge in [0.2, 0.25) is 0 Å². The molecule has 4 nitrogen and oxygen atoms in total. The molecule has 2 heterocycles. The Balaban J connectivity index is 2.14. The first-order valence-electron chi connectivity index (χ1n) is 3.77. The number of ether oxygens (including phenoxy) is 1. The Morgan fingerprint density at radius 1 is 1.54 bits per heavy atom. The first kappa shape index (κ1) is 9.05. The van der Waals surface area contributed by atoms with E-state index in [0.717, 1.165) is 18.2 Å². The van der Waals surface area contributed by atoms with E-state index in [1.54, 1.807) is 11.8 Å². The van der Waals surface area contributed by atoms with Gasteiger partial charge < -0.3 is 10.5 Å². The highest BCUT2D eigenvalue weighted by Crippen LogP contribution is 2.32. The third-order valence-corrected chi connectivity index (χ3v) is 3.14. The van der Waals surface area contributed by atoms with Crippen LogP contribution in [-0.4, -0.2) is 28.4 Å². The second-order valence-electron chi connectivity index (χ2n) is 2.66. The Hall–Kier alpha value is -0.520. The maximum absolute atomic E-state index is 5.74. The van der Waals surface area contributed by atoms with Crippen LogP contribution in [0.15, 0.2) is 11.4 Å². The van der Waals surface area contributed by atoms with E-state index in [2.05, 4.69) is 9.97 Å². The minimum Gasteiger partial charge on any atom is -0.394 e. The summed E-state index contributed by atoms with van der Waals surface area (Å²) in [6.45, 7) is 1.51. The fourth-order valence-corrected chi connectivity index (χ4v) is 2.06. The molecule has 70 valence electrons. The minimum absolute atomic E-state index is 0.317. The number of rotatable bonds is 2. The molecule has 1 aromatic heterocycles. The largest absolute Gasteiger partial charge is 0.394 e. The maximum Gasteiger partial charge on any atom is 0.156 e. The molecule has 2 rings (SSSR count). The average molecular weight is 218 g/mol. The SMILES string of the molecule is Nc1c(Cl)ncnc1SC1COC1. The monoisotopic (exact) mass is 217 g/mol. The zero-order chi connectivity index (χ0) is 9.26. The topological polar surface area (TPSA) is 61.0 Å². The van der Waals surface area contributed by atoms with Crippen molar-refractivity contribution in [2.45, 2.75) is 10.3 Å². The fourth-order valence-electron chi connectivity index (χ4n) is 0.893. The molecule has 0 bridgehead atoms. The van der Waals surface area contributed by atoms with Gasteiger partial charge in [-0.3, -0.25) is 0 Å². The van der Waals surface area contributed by atoms with Crippen LogP contribution in [0.3, 0.4) is 0 Å². The number of nitrogens with two attached hydrogens (primary N) is 1. The molecule has 1 saturated heterocycles. The van der Waals surface area contributed by atoms with Crippen molar-refractivity contribution in [1.29, 1.82) is 0 Å². The molecule has 2 N–H and O–H groups in total. The van der Waals surface area contributed by atoms with Crippen LogP contribution in [0, 0.1) is 0 Å². The van der Waals surface area contributed by atoms with Gasteiger partial charge >= 0.3 is 0 Å². The highest BCUT2D eigenvalue weighted by molar-refractivity contribution is 8.00. The van der Waals surface area contributed by atoms with E-state index in [1.807, 2.05) is 0 Å². The zero-order valence-corrected chi connectivity index (χ0v) is 8.31. The zero-order valence-electron chi connectivity index (χ0n) is 6.74. The summed E-state index contributed by atoms with van der Waals surface area (Å²) in [5, 5.41) is 1.51. The van der Waals surface area contributed by atoms with Crippen molar-refractivity contribution in [1.82, 2.24) is 9.97 Å². The van der Waals surface area contributed by atoms with Gasteiger partial charge in [-0.05, 0) is 0 Å². The van der Waals surface area contributed by atoms with E-state index in [-0.39, 0.29) is 0 Å². The third kappa shape index (κ3) is 1.87. The van der Waals surface area contributed by atoms with Gasteiger partial charge in [0.05, 0.1) is 18.5 Å². The molecule has 1 aromatic rings. The first-order valence-corrected chi connectivity index (χ1v) is 5.03. The molecule has 0 aliphatic carbocycles. The van der Waals surface area contributed by atoms with Crippen molar-refractivity contribution in [2.24, 2.45) is 0 Å². The van der Waals surface area contributed by atoms with Crippen LogP contribution >= 0.6 is 23.4 Å². The Bertz CT molecular complexity index is 319. The van der Waals surface area contributed by atoms with E-state index in [4.69, 9.17) is 22.1 Å². The number of thioether (sulfide) groups is 1. The summed E-state index contributed by atoms with van der Waals surface area (Å²) in [4.78, 5) is 7.82. The van der Waals surface area contributed by atoms with E-state index in [0.29, 0.717) is 16.1 Å². The van der Waals surface area contributed by atoms with Crippen LogP contribution in [-0.2, 0) is 4.74 Å². The first-order chi connectivity index (χ1) is 6.27. The van der Waals surface area contributed by atoms with Gasteiger partial charge in [-0.2, -0.15) is 0 Å². The predicted octanol–water partition coefficient (Wildman–Crippen LogP) is 1.20. The number of halogens is 1. The lowest BCUT2D eigenvalue weighted by atomic mass is 10.4. The molecule has 0 saturated carbocycles. The van der Waals surface area contributed by atoms with Gasteiger partial charge in [-0.15, -0.1) is 0 Å². The quantitative estimate of drug-likeness (QED) is 0.755. The second-order valence-corrected chi connectivity index (χ2v) is 4.31. The summed E-state index contributed by atoms with van der Waals surface area (Å²) in [6, 6.07) is 0. The number of hydrogen-bond acceptors (Lipinski definition) is 5. The van der Waals surface area contributed by atoms with Crippen LogP contribution in [0.5, 0.6) is 0 Å². The molecular formula is C7H8ClN3OS. The summed E-state index contributed by atoms with van der Waals surface area (Å²) >= 11 is 7.32. The van der Waals surface area contributed by atoms with Gasteiger partial charge in [0.1, 0.15) is 17.0 Å². The molecule has 0 spiro atoms. The van der Waals surface area contributed by atoms with E-state index in [9.17, 15) is 0 Å². The van der Waals surface area contributed by atoms with E-state index < -0.39 is 0 Å². The molecule has 1 aliphatic heterocycles. The summed E-state index contributed by atoms with van der Waals surface area (Å²) < 4.78 is 5.04. The fraction of sp³-hybridized carbons (Fsp3) is 0.429. The van der Waals surface area contributed by atoms with Crippen molar-refractivity contribution >= 4 is 29.1 Å². The van der Waals surface area contributed by atoms with Crippen molar-refractivity contribution in [3.8, 4) is 0 Å². The molecule has 0 unspecified atom stereocenters. The lowest BCUT2D eigenvalue weighted by Crippen LogP contribution is -2.30. The Labute approximate surface area is 84.8 Å². The minimum atomic E-state index is 0.317. The second kappa shape index (κ2) is 3.69. The molecule has 13 heavy (non-hydrogen) atoms. The summed E-state index contributed by atoms with van der Waals surface area (Å²) in [7, 11) is 0. The molecule has 0 aromatic carbocycles.